The second kappa shape index (κ2) is 8.94. The van der Waals surface area contributed by atoms with Crippen LogP contribution in [0.1, 0.15) is 55.8 Å². The summed E-state index contributed by atoms with van der Waals surface area (Å²) >= 11 is 0. The van der Waals surface area contributed by atoms with Crippen molar-refractivity contribution in [2.24, 2.45) is 5.92 Å². The molecule has 168 valence electrons. The van der Waals surface area contributed by atoms with Gasteiger partial charge in [0.1, 0.15) is 11.4 Å². The van der Waals surface area contributed by atoms with E-state index in [2.05, 4.69) is 5.32 Å². The Morgan fingerprint density at radius 3 is 2.68 bits per heavy atom. The van der Waals surface area contributed by atoms with Gasteiger partial charge in [0.15, 0.2) is 0 Å². The normalized spacial score (nSPS) is 27.1. The van der Waals surface area contributed by atoms with Crippen LogP contribution in [0.5, 0.6) is 0 Å². The summed E-state index contributed by atoms with van der Waals surface area (Å²) in [6.45, 7) is 3.92. The van der Waals surface area contributed by atoms with Gasteiger partial charge in [-0.1, -0.05) is 19.4 Å². The smallest absolute Gasteiger partial charge is 0.325 e. The molecule has 0 aliphatic carbocycles. The van der Waals surface area contributed by atoms with Crippen molar-refractivity contribution in [2.75, 3.05) is 26.2 Å². The lowest BCUT2D eigenvalue weighted by molar-refractivity contribution is -0.135. The summed E-state index contributed by atoms with van der Waals surface area (Å²) in [7, 11) is 0. The highest BCUT2D eigenvalue weighted by Crippen LogP contribution is 2.37. The third kappa shape index (κ3) is 4.18. The maximum absolute atomic E-state index is 13.5. The van der Waals surface area contributed by atoms with E-state index >= 15 is 0 Å². The number of imide groups is 1. The molecule has 31 heavy (non-hydrogen) atoms. The quantitative estimate of drug-likeness (QED) is 0.703. The third-order valence-electron chi connectivity index (χ3n) is 6.81. The van der Waals surface area contributed by atoms with Crippen LogP contribution in [-0.2, 0) is 9.53 Å². The fourth-order valence-electron chi connectivity index (χ4n) is 5.23. The van der Waals surface area contributed by atoms with Gasteiger partial charge in [-0.05, 0) is 56.2 Å². The minimum Gasteiger partial charge on any atom is -0.376 e. The summed E-state index contributed by atoms with van der Waals surface area (Å²) in [5.41, 5.74) is -0.590. The first kappa shape index (κ1) is 21.7. The number of hydrogen-bond donors (Lipinski definition) is 1. The molecule has 7 nitrogen and oxygen atoms in total. The second-order valence-electron chi connectivity index (χ2n) is 8.78. The maximum Gasteiger partial charge on any atom is 0.325 e. The number of carbonyl (C=O) groups excluding carboxylic acids is 3. The molecule has 0 radical (unpaired) electrons. The van der Waals surface area contributed by atoms with Crippen LogP contribution in [0.4, 0.5) is 9.18 Å². The molecular weight excluding hydrogens is 401 g/mol. The molecule has 4 amide bonds. The molecule has 3 saturated heterocycles. The van der Waals surface area contributed by atoms with E-state index in [4.69, 9.17) is 4.74 Å². The van der Waals surface area contributed by atoms with E-state index in [-0.39, 0.29) is 29.9 Å². The minimum absolute atomic E-state index is 0.0463. The maximum atomic E-state index is 13.5. The molecule has 0 bridgehead atoms. The van der Waals surface area contributed by atoms with Crippen molar-refractivity contribution in [1.29, 1.82) is 0 Å². The van der Waals surface area contributed by atoms with Crippen LogP contribution < -0.4 is 5.32 Å². The van der Waals surface area contributed by atoms with Crippen LogP contribution in [0.25, 0.3) is 0 Å². The van der Waals surface area contributed by atoms with E-state index in [0.29, 0.717) is 51.1 Å². The Hall–Kier alpha value is -2.48. The van der Waals surface area contributed by atoms with Crippen LogP contribution in [0.15, 0.2) is 24.3 Å². The average Bonchev–Trinajstić information content (AvgIpc) is 3.37. The highest BCUT2D eigenvalue weighted by atomic mass is 19.1. The van der Waals surface area contributed by atoms with Crippen LogP contribution in [0, 0.1) is 11.7 Å². The Kier molecular flexibility index (Phi) is 6.27. The number of carbonyl (C=O) groups is 3. The number of benzene rings is 1. The first-order valence-electron chi connectivity index (χ1n) is 11.2. The lowest BCUT2D eigenvalue weighted by Gasteiger charge is -2.41. The molecule has 2 atom stereocenters. The van der Waals surface area contributed by atoms with E-state index in [0.717, 1.165) is 19.3 Å². The number of halogens is 1. The first-order chi connectivity index (χ1) is 14.9. The van der Waals surface area contributed by atoms with Gasteiger partial charge in [0, 0.05) is 25.3 Å². The molecule has 8 heteroatoms. The predicted molar refractivity (Wildman–Crippen MR) is 112 cm³/mol. The number of nitrogens with one attached hydrogen (secondary N) is 1. The van der Waals surface area contributed by atoms with Crippen molar-refractivity contribution in [3.05, 3.63) is 35.6 Å². The Morgan fingerprint density at radius 1 is 1.26 bits per heavy atom. The van der Waals surface area contributed by atoms with Gasteiger partial charge in [0.25, 0.3) is 11.8 Å². The van der Waals surface area contributed by atoms with Gasteiger partial charge in [-0.25, -0.2) is 9.18 Å². The summed E-state index contributed by atoms with van der Waals surface area (Å²) in [5.74, 6) is -0.850. The minimum atomic E-state index is -0.918. The molecule has 0 saturated carbocycles. The fraction of sp³-hybridized carbons (Fsp3) is 0.609. The topological polar surface area (TPSA) is 79.0 Å². The summed E-state index contributed by atoms with van der Waals surface area (Å²) in [6, 6.07) is 5.36. The average molecular weight is 432 g/mol. The molecule has 1 aromatic rings. The molecule has 3 aliphatic heterocycles. The van der Waals surface area contributed by atoms with Crippen molar-refractivity contribution in [1.82, 2.24) is 15.1 Å². The highest BCUT2D eigenvalue weighted by molar-refractivity contribution is 6.07. The van der Waals surface area contributed by atoms with Crippen LogP contribution in [0.2, 0.25) is 0 Å². The van der Waals surface area contributed by atoms with Gasteiger partial charge in [-0.15, -0.1) is 0 Å². The number of hydrogen-bond acceptors (Lipinski definition) is 4. The van der Waals surface area contributed by atoms with Gasteiger partial charge in [-0.3, -0.25) is 14.5 Å². The van der Waals surface area contributed by atoms with E-state index in [1.54, 1.807) is 11.0 Å². The first-order valence-corrected chi connectivity index (χ1v) is 11.2. The van der Waals surface area contributed by atoms with Gasteiger partial charge >= 0.3 is 6.03 Å². The number of likely N-dealkylation sites (tertiary alicyclic amines) is 1. The van der Waals surface area contributed by atoms with Gasteiger partial charge < -0.3 is 15.0 Å². The lowest BCUT2D eigenvalue weighted by atomic mass is 9.74. The number of piperidine rings is 1. The number of amides is 4. The summed E-state index contributed by atoms with van der Waals surface area (Å²) in [6.07, 6.45) is 4.29. The van der Waals surface area contributed by atoms with Gasteiger partial charge in [0.05, 0.1) is 12.6 Å². The van der Waals surface area contributed by atoms with Crippen molar-refractivity contribution < 1.29 is 23.5 Å². The molecule has 2 unspecified atom stereocenters. The van der Waals surface area contributed by atoms with E-state index in [9.17, 15) is 18.8 Å². The Balaban J connectivity index is 1.45. The largest absolute Gasteiger partial charge is 0.376 e. The number of rotatable bonds is 6. The van der Waals surface area contributed by atoms with Crippen LogP contribution in [0.3, 0.4) is 0 Å². The monoisotopic (exact) mass is 431 g/mol. The van der Waals surface area contributed by atoms with Gasteiger partial charge in [-0.2, -0.15) is 0 Å². The lowest BCUT2D eigenvalue weighted by Crippen LogP contribution is -2.56. The second-order valence-corrected chi connectivity index (χ2v) is 8.78. The van der Waals surface area contributed by atoms with Crippen molar-refractivity contribution >= 4 is 17.8 Å². The highest BCUT2D eigenvalue weighted by Gasteiger charge is 2.55. The molecule has 1 aromatic carbocycles. The summed E-state index contributed by atoms with van der Waals surface area (Å²) in [5, 5.41) is 3.02. The number of nitrogens with zero attached hydrogens (tertiary/aromatic N) is 2. The molecule has 1 N–H and O–H groups in total. The third-order valence-corrected chi connectivity index (χ3v) is 6.81. The standard InChI is InChI=1S/C23H30FN3O4/c1-2-10-23(21(29)27(22(30)25-23)15-19-7-4-13-31-19)17-8-11-26(12-9-17)20(28)16-5-3-6-18(24)14-16/h3,5-6,14,17,19H,2,4,7-13,15H2,1H3,(H,25,30). The molecule has 3 fully saturated rings. The number of ether oxygens (including phenoxy) is 1. The van der Waals surface area contributed by atoms with Crippen molar-refractivity contribution in [3.63, 3.8) is 0 Å². The van der Waals surface area contributed by atoms with E-state index in [1.165, 1.54) is 23.1 Å². The van der Waals surface area contributed by atoms with Crippen LogP contribution in [-0.4, -0.2) is 65.5 Å². The molecule has 4 rings (SSSR count). The summed E-state index contributed by atoms with van der Waals surface area (Å²) < 4.78 is 19.1. The summed E-state index contributed by atoms with van der Waals surface area (Å²) in [4.78, 5) is 42.0. The molecular formula is C23H30FN3O4. The molecule has 0 aromatic heterocycles. The Morgan fingerprint density at radius 2 is 2.03 bits per heavy atom. The SMILES string of the molecule is CCCC1(C2CCN(C(=O)c3cccc(F)c3)CC2)NC(=O)N(CC2CCCO2)C1=O. The zero-order valence-electron chi connectivity index (χ0n) is 17.9. The number of urea groups is 1. The zero-order chi connectivity index (χ0) is 22.0. The zero-order valence-corrected chi connectivity index (χ0v) is 17.9. The van der Waals surface area contributed by atoms with E-state index < -0.39 is 11.4 Å². The Labute approximate surface area is 181 Å². The van der Waals surface area contributed by atoms with Gasteiger partial charge in [0.2, 0.25) is 0 Å². The fourth-order valence-corrected chi connectivity index (χ4v) is 5.23. The van der Waals surface area contributed by atoms with E-state index in [1.807, 2.05) is 6.92 Å². The van der Waals surface area contributed by atoms with Crippen molar-refractivity contribution in [3.8, 4) is 0 Å². The van der Waals surface area contributed by atoms with Crippen LogP contribution >= 0.6 is 0 Å². The Bertz CT molecular complexity index is 849. The predicted octanol–water partition coefficient (Wildman–Crippen LogP) is 2.95. The van der Waals surface area contributed by atoms with Crippen molar-refractivity contribution in [2.45, 2.75) is 57.1 Å². The molecule has 3 aliphatic rings. The molecule has 0 spiro atoms. The molecule has 3 heterocycles.